The molecule has 2 rings (SSSR count). The maximum Gasteiger partial charge on any atom is 0.325 e. The van der Waals surface area contributed by atoms with Crippen LogP contribution < -0.4 is 16.4 Å². The molecule has 0 aromatic rings. The number of nitrogens with two attached hydrogens (primary N) is 1. The molecule has 7 nitrogen and oxygen atoms in total. The van der Waals surface area contributed by atoms with E-state index in [1.165, 1.54) is 0 Å². The van der Waals surface area contributed by atoms with Crippen molar-refractivity contribution in [2.45, 2.75) is 76.9 Å². The third-order valence-corrected chi connectivity index (χ3v) is 5.15. The topological polar surface area (TPSA) is 105 Å². The number of hydrogen-bond donors (Lipinski definition) is 3. The summed E-state index contributed by atoms with van der Waals surface area (Å²) in [4.78, 5) is 38.7. The molecular formula is C17H31ClN4O3. The second kappa shape index (κ2) is 7.91. The highest BCUT2D eigenvalue weighted by Crippen LogP contribution is 2.35. The summed E-state index contributed by atoms with van der Waals surface area (Å²) >= 11 is 0. The van der Waals surface area contributed by atoms with Crippen LogP contribution in [0.2, 0.25) is 0 Å². The molecule has 0 aromatic carbocycles. The summed E-state index contributed by atoms with van der Waals surface area (Å²) in [5.74, 6) is -0.249. The van der Waals surface area contributed by atoms with Gasteiger partial charge in [-0.1, -0.05) is 26.7 Å². The van der Waals surface area contributed by atoms with Crippen molar-refractivity contribution < 1.29 is 14.4 Å². The van der Waals surface area contributed by atoms with Crippen LogP contribution in [0.3, 0.4) is 0 Å². The number of hydrogen-bond acceptors (Lipinski definition) is 4. The molecule has 2 unspecified atom stereocenters. The van der Waals surface area contributed by atoms with Crippen LogP contribution in [0.4, 0.5) is 4.79 Å². The van der Waals surface area contributed by atoms with Gasteiger partial charge in [0, 0.05) is 12.1 Å². The lowest BCUT2D eigenvalue weighted by molar-refractivity contribution is -0.138. The van der Waals surface area contributed by atoms with Gasteiger partial charge in [-0.25, -0.2) is 9.69 Å². The molecule has 2 atom stereocenters. The van der Waals surface area contributed by atoms with E-state index in [-0.39, 0.29) is 24.2 Å². The van der Waals surface area contributed by atoms with Gasteiger partial charge >= 0.3 is 6.03 Å². The molecule has 144 valence electrons. The minimum absolute atomic E-state index is 0. The average Bonchev–Trinajstić information content (AvgIpc) is 3.04. The number of rotatable bonds is 6. The Bertz CT molecular complexity index is 534. The van der Waals surface area contributed by atoms with Gasteiger partial charge in [0.15, 0.2) is 0 Å². The summed E-state index contributed by atoms with van der Waals surface area (Å²) in [5, 5.41) is 5.74. The molecule has 8 heteroatoms. The molecule has 2 aliphatic rings. The molecule has 25 heavy (non-hydrogen) atoms. The molecule has 1 heterocycles. The quantitative estimate of drug-likeness (QED) is 0.613. The van der Waals surface area contributed by atoms with Gasteiger partial charge in [-0.15, -0.1) is 12.4 Å². The minimum atomic E-state index is -0.851. The zero-order chi connectivity index (χ0) is 18.1. The van der Waals surface area contributed by atoms with Crippen molar-refractivity contribution in [1.82, 2.24) is 15.5 Å². The fraction of sp³-hybridized carbons (Fsp3) is 0.824. The zero-order valence-corrected chi connectivity index (χ0v) is 16.4. The third kappa shape index (κ3) is 4.26. The molecule has 4 amide bonds. The van der Waals surface area contributed by atoms with Crippen LogP contribution in [-0.2, 0) is 9.59 Å². The maximum absolute atomic E-state index is 12.7. The Hall–Kier alpha value is -1.34. The Kier molecular flexibility index (Phi) is 6.87. The van der Waals surface area contributed by atoms with Gasteiger partial charge in [-0.2, -0.15) is 0 Å². The maximum atomic E-state index is 12.7. The van der Waals surface area contributed by atoms with E-state index in [1.54, 1.807) is 6.92 Å². The largest absolute Gasteiger partial charge is 0.348 e. The molecule has 0 bridgehead atoms. The minimum Gasteiger partial charge on any atom is -0.348 e. The lowest BCUT2D eigenvalue weighted by atomic mass is 9.90. The highest BCUT2D eigenvalue weighted by molar-refractivity contribution is 6.10. The lowest BCUT2D eigenvalue weighted by Gasteiger charge is -2.33. The second-order valence-corrected chi connectivity index (χ2v) is 7.92. The number of nitrogens with one attached hydrogen (secondary N) is 2. The smallest absolute Gasteiger partial charge is 0.325 e. The summed E-state index contributed by atoms with van der Waals surface area (Å²) in [6, 6.07) is -1.32. The molecule has 1 aliphatic heterocycles. The van der Waals surface area contributed by atoms with E-state index in [0.29, 0.717) is 25.3 Å². The first-order valence-corrected chi connectivity index (χ1v) is 8.82. The van der Waals surface area contributed by atoms with Crippen molar-refractivity contribution >= 4 is 30.3 Å². The summed E-state index contributed by atoms with van der Waals surface area (Å²) in [5.41, 5.74) is 4.49. The van der Waals surface area contributed by atoms with Crippen molar-refractivity contribution in [3.8, 4) is 0 Å². The Morgan fingerprint density at radius 2 is 1.88 bits per heavy atom. The van der Waals surface area contributed by atoms with E-state index in [1.807, 2.05) is 6.92 Å². The summed E-state index contributed by atoms with van der Waals surface area (Å²) < 4.78 is 0. The number of imide groups is 1. The van der Waals surface area contributed by atoms with E-state index < -0.39 is 23.2 Å². The number of halogens is 1. The van der Waals surface area contributed by atoms with E-state index in [2.05, 4.69) is 24.5 Å². The monoisotopic (exact) mass is 374 g/mol. The Balaban J connectivity index is 0.00000312. The van der Waals surface area contributed by atoms with E-state index in [4.69, 9.17) is 5.73 Å². The predicted molar refractivity (Wildman–Crippen MR) is 98.3 cm³/mol. The van der Waals surface area contributed by atoms with Gasteiger partial charge in [0.2, 0.25) is 5.91 Å². The molecule has 1 aliphatic carbocycles. The molecule has 1 spiro atoms. The number of nitrogens with zero attached hydrogens (tertiary/aromatic N) is 1. The Morgan fingerprint density at radius 1 is 1.32 bits per heavy atom. The van der Waals surface area contributed by atoms with Crippen molar-refractivity contribution in [2.75, 3.05) is 6.54 Å². The van der Waals surface area contributed by atoms with E-state index in [9.17, 15) is 14.4 Å². The summed E-state index contributed by atoms with van der Waals surface area (Å²) in [6.07, 6.45) is 3.86. The van der Waals surface area contributed by atoms with Crippen molar-refractivity contribution in [3.63, 3.8) is 0 Å². The van der Waals surface area contributed by atoms with Crippen LogP contribution in [0.15, 0.2) is 0 Å². The first-order chi connectivity index (χ1) is 11.1. The van der Waals surface area contributed by atoms with Crippen molar-refractivity contribution in [1.29, 1.82) is 0 Å². The van der Waals surface area contributed by atoms with Crippen LogP contribution in [0.1, 0.15) is 59.8 Å². The van der Waals surface area contributed by atoms with Gasteiger partial charge in [-0.05, 0) is 39.0 Å². The van der Waals surface area contributed by atoms with Crippen LogP contribution in [-0.4, -0.2) is 46.4 Å². The lowest BCUT2D eigenvalue weighted by Crippen LogP contribution is -2.58. The first kappa shape index (κ1) is 21.7. The molecule has 0 radical (unpaired) electrons. The highest BCUT2D eigenvalue weighted by Gasteiger charge is 2.54. The molecule has 1 saturated carbocycles. The summed E-state index contributed by atoms with van der Waals surface area (Å²) in [6.45, 7) is 7.90. The summed E-state index contributed by atoms with van der Waals surface area (Å²) in [7, 11) is 0. The fourth-order valence-corrected chi connectivity index (χ4v) is 3.92. The molecule has 0 aromatic heterocycles. The standard InChI is InChI=1S/C17H30N4O3.ClH/c1-11(2)9-16(4,10-18)19-13(22)12(3)21-14(23)17(20-15(21)24)7-5-6-8-17;/h11-12H,5-10,18H2,1-4H3,(H,19,22)(H,20,24);1H. The normalized spacial score (nSPS) is 22.6. The Morgan fingerprint density at radius 3 is 2.36 bits per heavy atom. The molecule has 1 saturated heterocycles. The average molecular weight is 375 g/mol. The number of carbonyl (C=O) groups excluding carboxylic acids is 3. The van der Waals surface area contributed by atoms with Gasteiger partial charge in [0.25, 0.3) is 5.91 Å². The zero-order valence-electron chi connectivity index (χ0n) is 15.6. The fourth-order valence-electron chi connectivity index (χ4n) is 3.92. The van der Waals surface area contributed by atoms with Crippen molar-refractivity contribution in [2.24, 2.45) is 11.7 Å². The molecule has 4 N–H and O–H groups in total. The molecular weight excluding hydrogens is 344 g/mol. The third-order valence-electron chi connectivity index (χ3n) is 5.15. The Labute approximate surface area is 155 Å². The SMILES string of the molecule is CC(C)CC(C)(CN)NC(=O)C(C)N1C(=O)NC2(CCCC2)C1=O.Cl. The number of urea groups is 1. The molecule has 2 fully saturated rings. The van der Waals surface area contributed by atoms with Crippen molar-refractivity contribution in [3.05, 3.63) is 0 Å². The van der Waals surface area contributed by atoms with Crippen LogP contribution >= 0.6 is 12.4 Å². The number of amides is 4. The van der Waals surface area contributed by atoms with E-state index in [0.717, 1.165) is 24.2 Å². The van der Waals surface area contributed by atoms with Gasteiger partial charge in [-0.3, -0.25) is 9.59 Å². The van der Waals surface area contributed by atoms with Gasteiger partial charge in [0.05, 0.1) is 0 Å². The van der Waals surface area contributed by atoms with E-state index >= 15 is 0 Å². The van der Waals surface area contributed by atoms with Crippen LogP contribution in [0.25, 0.3) is 0 Å². The number of carbonyl (C=O) groups is 3. The van der Waals surface area contributed by atoms with Gasteiger partial charge < -0.3 is 16.4 Å². The van der Waals surface area contributed by atoms with Crippen LogP contribution in [0, 0.1) is 5.92 Å². The van der Waals surface area contributed by atoms with Crippen LogP contribution in [0.5, 0.6) is 0 Å². The first-order valence-electron chi connectivity index (χ1n) is 8.82. The van der Waals surface area contributed by atoms with Gasteiger partial charge in [0.1, 0.15) is 11.6 Å². The highest BCUT2D eigenvalue weighted by atomic mass is 35.5. The second-order valence-electron chi connectivity index (χ2n) is 7.92. The predicted octanol–water partition coefficient (Wildman–Crippen LogP) is 1.54.